The molecule has 1 heterocycles. The average Bonchev–Trinajstić information content (AvgIpc) is 3.26. The van der Waals surface area contributed by atoms with Crippen molar-refractivity contribution in [2.45, 2.75) is 30.7 Å². The molecule has 1 aromatic rings. The molecule has 0 radical (unpaired) electrons. The monoisotopic (exact) mass is 421 g/mol. The van der Waals surface area contributed by atoms with Gasteiger partial charge in [0.25, 0.3) is 11.8 Å². The second-order valence-corrected chi connectivity index (χ2v) is 6.92. The molecule has 2 aliphatic rings. The number of nitrogens with two attached hydrogens (primary N) is 1. The largest absolute Gasteiger partial charge is 0.419 e. The molecule has 1 saturated carbocycles. The van der Waals surface area contributed by atoms with Gasteiger partial charge in [-0.3, -0.25) is 15.1 Å². The van der Waals surface area contributed by atoms with E-state index in [0.29, 0.717) is 0 Å². The van der Waals surface area contributed by atoms with Gasteiger partial charge in [-0.15, -0.1) is 0 Å². The summed E-state index contributed by atoms with van der Waals surface area (Å²) in [6.45, 7) is -0.490. The predicted octanol–water partition coefficient (Wildman–Crippen LogP) is 2.79. The van der Waals surface area contributed by atoms with Crippen molar-refractivity contribution >= 4 is 23.6 Å². The van der Waals surface area contributed by atoms with Gasteiger partial charge in [-0.25, -0.2) is 26.7 Å². The molecule has 0 bridgehead atoms. The first-order chi connectivity index (χ1) is 13.4. The van der Waals surface area contributed by atoms with Gasteiger partial charge in [0, 0.05) is 17.7 Å². The Morgan fingerprint density at radius 2 is 1.97 bits per heavy atom. The van der Waals surface area contributed by atoms with Crippen molar-refractivity contribution < 1.29 is 41.0 Å². The minimum Gasteiger partial charge on any atom is -0.385 e. The van der Waals surface area contributed by atoms with E-state index in [1.165, 1.54) is 0 Å². The normalized spacial score (nSPS) is 27.4. The van der Waals surface area contributed by atoms with Gasteiger partial charge in [-0.05, 0) is 25.1 Å². The van der Waals surface area contributed by atoms with Gasteiger partial charge in [0.1, 0.15) is 30.8 Å². The van der Waals surface area contributed by atoms with Crippen LogP contribution in [0.2, 0.25) is 0 Å². The Bertz CT molecular complexity index is 892. The molecule has 1 aromatic carbocycles. The van der Waals surface area contributed by atoms with Crippen molar-refractivity contribution in [1.82, 2.24) is 0 Å². The molecule has 12 heteroatoms. The third kappa shape index (κ3) is 4.02. The highest BCUT2D eigenvalue weighted by atomic mass is 19.3. The number of alkyl halides is 4. The first kappa shape index (κ1) is 21.0. The van der Waals surface area contributed by atoms with Crippen molar-refractivity contribution in [2.75, 3.05) is 18.5 Å². The van der Waals surface area contributed by atoms with E-state index in [2.05, 4.69) is 9.73 Å². The summed E-state index contributed by atoms with van der Waals surface area (Å²) in [5.41, 5.74) is 2.25. The molecule has 1 aliphatic carbocycles. The van der Waals surface area contributed by atoms with Gasteiger partial charge in [0.2, 0.25) is 0 Å². The van der Waals surface area contributed by atoms with Crippen LogP contribution in [-0.2, 0) is 19.8 Å². The maximum atomic E-state index is 14.6. The first-order valence-electron chi connectivity index (χ1n) is 8.36. The topological polar surface area (TPSA) is 103 Å². The number of amides is 1. The number of esters is 1. The number of benzene rings is 1. The number of anilines is 1. The molecule has 0 saturated heterocycles. The van der Waals surface area contributed by atoms with Crippen LogP contribution < -0.4 is 11.1 Å². The van der Waals surface area contributed by atoms with Crippen LogP contribution in [0.5, 0.6) is 0 Å². The lowest BCUT2D eigenvalue weighted by molar-refractivity contribution is -0.140. The SMILES string of the molecule is C[C@]1(c2cc(NC(=O)OC(=O)C3CC3(F)F)ccc2F)N=C(N)COCC1(F)F. The van der Waals surface area contributed by atoms with E-state index in [9.17, 15) is 31.5 Å². The zero-order chi connectivity index (χ0) is 21.6. The van der Waals surface area contributed by atoms with Crippen LogP contribution in [0.3, 0.4) is 0 Å². The van der Waals surface area contributed by atoms with Crippen molar-refractivity contribution in [3.8, 4) is 0 Å². The quantitative estimate of drug-likeness (QED) is 0.444. The van der Waals surface area contributed by atoms with Crippen LogP contribution in [-0.4, -0.2) is 43.0 Å². The van der Waals surface area contributed by atoms with Crippen LogP contribution in [0.4, 0.5) is 32.4 Å². The Labute approximate surface area is 161 Å². The number of halogens is 5. The van der Waals surface area contributed by atoms with Crippen molar-refractivity contribution in [3.63, 3.8) is 0 Å². The molecule has 1 fully saturated rings. The third-order valence-corrected chi connectivity index (χ3v) is 4.65. The lowest BCUT2D eigenvalue weighted by atomic mass is 9.85. The highest BCUT2D eigenvalue weighted by molar-refractivity contribution is 5.95. The lowest BCUT2D eigenvalue weighted by Crippen LogP contribution is -2.45. The number of nitrogens with one attached hydrogen (secondary N) is 1. The van der Waals surface area contributed by atoms with Crippen molar-refractivity contribution in [2.24, 2.45) is 16.6 Å². The Kier molecular flexibility index (Phi) is 5.01. The van der Waals surface area contributed by atoms with E-state index >= 15 is 0 Å². The number of rotatable bonds is 3. The highest BCUT2D eigenvalue weighted by Crippen LogP contribution is 2.49. The van der Waals surface area contributed by atoms with E-state index in [-0.39, 0.29) is 18.1 Å². The van der Waals surface area contributed by atoms with Gasteiger partial charge in [0.05, 0.1) is 0 Å². The van der Waals surface area contributed by atoms with Crippen LogP contribution in [0.1, 0.15) is 18.9 Å². The lowest BCUT2D eigenvalue weighted by Gasteiger charge is -2.33. The zero-order valence-electron chi connectivity index (χ0n) is 15.0. The Morgan fingerprint density at radius 3 is 2.59 bits per heavy atom. The molecule has 7 nitrogen and oxygen atoms in total. The summed E-state index contributed by atoms with van der Waals surface area (Å²) in [6.07, 6.45) is -2.14. The molecular weight excluding hydrogens is 405 g/mol. The van der Waals surface area contributed by atoms with E-state index in [1.54, 1.807) is 0 Å². The molecule has 2 atom stereocenters. The fraction of sp³-hybridized carbons (Fsp3) is 0.471. The highest BCUT2D eigenvalue weighted by Gasteiger charge is 2.63. The maximum absolute atomic E-state index is 14.6. The van der Waals surface area contributed by atoms with Gasteiger partial charge in [-0.1, -0.05) is 0 Å². The Morgan fingerprint density at radius 1 is 1.31 bits per heavy atom. The van der Waals surface area contributed by atoms with E-state index < -0.39 is 59.8 Å². The van der Waals surface area contributed by atoms with E-state index in [1.807, 2.05) is 5.32 Å². The van der Waals surface area contributed by atoms with Crippen LogP contribution in [0.15, 0.2) is 23.2 Å². The average molecular weight is 421 g/mol. The fourth-order valence-corrected chi connectivity index (χ4v) is 2.83. The second kappa shape index (κ2) is 6.94. The van der Waals surface area contributed by atoms with Crippen LogP contribution >= 0.6 is 0 Å². The van der Waals surface area contributed by atoms with Gasteiger partial charge >= 0.3 is 12.1 Å². The van der Waals surface area contributed by atoms with Gasteiger partial charge < -0.3 is 15.2 Å². The Hall–Kier alpha value is -2.76. The number of amidine groups is 1. The molecule has 1 aliphatic heterocycles. The molecule has 3 N–H and O–H groups in total. The molecule has 29 heavy (non-hydrogen) atoms. The summed E-state index contributed by atoms with van der Waals surface area (Å²) in [4.78, 5) is 26.9. The van der Waals surface area contributed by atoms with Gasteiger partial charge in [-0.2, -0.15) is 0 Å². The maximum Gasteiger partial charge on any atom is 0.419 e. The molecule has 0 aromatic heterocycles. The fourth-order valence-electron chi connectivity index (χ4n) is 2.83. The standard InChI is InChI=1S/C17H16F5N3O4/c1-15(17(21,22)7-28-6-12(23)25-15)9-4-8(2-3-11(9)18)24-14(27)29-13(26)10-5-16(10,19)20/h2-4,10H,5-7H2,1H3,(H2,23,25)(H,24,27)/t10?,15-/m1/s1. The summed E-state index contributed by atoms with van der Waals surface area (Å²) in [5, 5.41) is 2.01. The first-order valence-corrected chi connectivity index (χ1v) is 8.36. The summed E-state index contributed by atoms with van der Waals surface area (Å²) >= 11 is 0. The summed E-state index contributed by atoms with van der Waals surface area (Å²) < 4.78 is 78.3. The van der Waals surface area contributed by atoms with Crippen molar-refractivity contribution in [3.05, 3.63) is 29.6 Å². The number of ether oxygens (including phenoxy) is 2. The summed E-state index contributed by atoms with van der Waals surface area (Å²) in [7, 11) is 0. The number of nitrogens with zero attached hydrogens (tertiary/aromatic N) is 1. The number of hydrogen-bond acceptors (Lipinski definition) is 6. The molecule has 0 spiro atoms. The Balaban J connectivity index is 1.83. The van der Waals surface area contributed by atoms with Crippen molar-refractivity contribution in [1.29, 1.82) is 0 Å². The molecular formula is C17H16F5N3O4. The number of aliphatic imine (C=N–C) groups is 1. The zero-order valence-corrected chi connectivity index (χ0v) is 15.0. The van der Waals surface area contributed by atoms with E-state index in [0.717, 1.165) is 25.1 Å². The molecule has 1 unspecified atom stereocenters. The number of hydrogen-bond donors (Lipinski definition) is 2. The smallest absolute Gasteiger partial charge is 0.385 e. The molecule has 3 rings (SSSR count). The summed E-state index contributed by atoms with van der Waals surface area (Å²) in [5.74, 6) is -11.3. The second-order valence-electron chi connectivity index (χ2n) is 6.92. The minimum atomic E-state index is -3.65. The molecule has 1 amide bonds. The number of carbonyl (C=O) groups excluding carboxylic acids is 2. The van der Waals surface area contributed by atoms with Crippen LogP contribution in [0.25, 0.3) is 0 Å². The minimum absolute atomic E-state index is 0.224. The van der Waals surface area contributed by atoms with Gasteiger partial charge in [0.15, 0.2) is 5.54 Å². The summed E-state index contributed by atoms with van der Waals surface area (Å²) in [6, 6.07) is 2.67. The van der Waals surface area contributed by atoms with Crippen LogP contribution in [0, 0.1) is 11.7 Å². The number of carbonyl (C=O) groups is 2. The van der Waals surface area contributed by atoms with E-state index in [4.69, 9.17) is 10.5 Å². The predicted molar refractivity (Wildman–Crippen MR) is 89.3 cm³/mol. The molecule has 158 valence electrons. The third-order valence-electron chi connectivity index (χ3n) is 4.65.